The van der Waals surface area contributed by atoms with Crippen LogP contribution in [0, 0.1) is 11.7 Å². The summed E-state index contributed by atoms with van der Waals surface area (Å²) in [6.45, 7) is 1.50. The van der Waals surface area contributed by atoms with Gasteiger partial charge in [0.15, 0.2) is 0 Å². The molecule has 0 bridgehead atoms. The summed E-state index contributed by atoms with van der Waals surface area (Å²) in [6.07, 6.45) is 3.93. The molecule has 2 N–H and O–H groups in total. The molecule has 0 saturated heterocycles. The van der Waals surface area contributed by atoms with Crippen LogP contribution in [0.2, 0.25) is 5.02 Å². The van der Waals surface area contributed by atoms with Gasteiger partial charge in [-0.15, -0.1) is 0 Å². The molecule has 2 rings (SSSR count). The molecule has 1 aromatic rings. The van der Waals surface area contributed by atoms with E-state index in [0.29, 0.717) is 11.6 Å². The Labute approximate surface area is 113 Å². The molecule has 1 fully saturated rings. The van der Waals surface area contributed by atoms with Crippen molar-refractivity contribution in [3.05, 3.63) is 34.6 Å². The number of nitrogens with two attached hydrogens (primary N) is 1. The summed E-state index contributed by atoms with van der Waals surface area (Å²) >= 11 is 5.90. The molecule has 0 amide bonds. The van der Waals surface area contributed by atoms with Gasteiger partial charge in [0.2, 0.25) is 0 Å². The summed E-state index contributed by atoms with van der Waals surface area (Å²) in [6, 6.07) is 4.70. The Hall–Kier alpha value is -0.640. The molecule has 2 nitrogen and oxygen atoms in total. The number of hydrogen-bond donors (Lipinski definition) is 1. The quantitative estimate of drug-likeness (QED) is 0.890. The summed E-state index contributed by atoms with van der Waals surface area (Å²) in [5, 5.41) is 0.431. The Bertz CT molecular complexity index is 387. The van der Waals surface area contributed by atoms with Crippen LogP contribution in [0.1, 0.15) is 30.9 Å². The lowest BCUT2D eigenvalue weighted by atomic mass is 9.85. The highest BCUT2D eigenvalue weighted by Gasteiger charge is 2.23. The van der Waals surface area contributed by atoms with Crippen LogP contribution >= 0.6 is 11.6 Å². The van der Waals surface area contributed by atoms with Crippen molar-refractivity contribution in [2.45, 2.75) is 25.3 Å². The predicted octanol–water partition coefficient (Wildman–Crippen LogP) is 3.21. The van der Waals surface area contributed by atoms with Crippen LogP contribution in [0.5, 0.6) is 0 Å². The molecule has 0 aliphatic heterocycles. The van der Waals surface area contributed by atoms with Crippen molar-refractivity contribution >= 4 is 11.6 Å². The predicted molar refractivity (Wildman–Crippen MR) is 73.2 cm³/mol. The van der Waals surface area contributed by atoms with E-state index in [1.807, 2.05) is 0 Å². The van der Waals surface area contributed by atoms with E-state index in [1.165, 1.54) is 31.4 Å². The molecule has 1 aliphatic carbocycles. The summed E-state index contributed by atoms with van der Waals surface area (Å²) < 4.78 is 13.4. The lowest BCUT2D eigenvalue weighted by Gasteiger charge is -2.34. The summed E-state index contributed by atoms with van der Waals surface area (Å²) in [5.41, 5.74) is 6.70. The van der Waals surface area contributed by atoms with Gasteiger partial charge in [0.1, 0.15) is 5.82 Å². The van der Waals surface area contributed by atoms with Gasteiger partial charge in [-0.2, -0.15) is 0 Å². The van der Waals surface area contributed by atoms with E-state index in [-0.39, 0.29) is 11.9 Å². The topological polar surface area (TPSA) is 29.3 Å². The van der Waals surface area contributed by atoms with E-state index in [0.717, 1.165) is 18.0 Å². The molecule has 1 unspecified atom stereocenters. The number of rotatable bonds is 5. The van der Waals surface area contributed by atoms with E-state index in [4.69, 9.17) is 17.3 Å². The third-order valence-electron chi connectivity index (χ3n) is 3.80. The SMILES string of the molecule is CN(CC1CCC1)C(CN)c1cc(F)cc(Cl)c1. The largest absolute Gasteiger partial charge is 0.329 e. The molecule has 1 aliphatic rings. The molecule has 1 atom stereocenters. The molecular formula is C14H20ClFN2. The minimum Gasteiger partial charge on any atom is -0.329 e. The van der Waals surface area contributed by atoms with Crippen molar-refractivity contribution in [2.75, 3.05) is 20.1 Å². The van der Waals surface area contributed by atoms with Crippen molar-refractivity contribution in [1.29, 1.82) is 0 Å². The van der Waals surface area contributed by atoms with Crippen molar-refractivity contribution < 1.29 is 4.39 Å². The monoisotopic (exact) mass is 270 g/mol. The second kappa shape index (κ2) is 6.00. The minimum atomic E-state index is -0.298. The Morgan fingerprint density at radius 3 is 2.67 bits per heavy atom. The molecule has 1 aromatic carbocycles. The first-order chi connectivity index (χ1) is 8.60. The molecule has 18 heavy (non-hydrogen) atoms. The maximum atomic E-state index is 13.4. The molecular weight excluding hydrogens is 251 g/mol. The van der Waals surface area contributed by atoms with Gasteiger partial charge in [-0.05, 0) is 49.6 Å². The van der Waals surface area contributed by atoms with E-state index < -0.39 is 0 Å². The van der Waals surface area contributed by atoms with Crippen molar-refractivity contribution in [2.24, 2.45) is 11.7 Å². The van der Waals surface area contributed by atoms with Gasteiger partial charge in [-0.3, -0.25) is 4.90 Å². The Morgan fingerprint density at radius 2 is 2.17 bits per heavy atom. The third kappa shape index (κ3) is 3.22. The number of hydrogen-bond acceptors (Lipinski definition) is 2. The van der Waals surface area contributed by atoms with Crippen LogP contribution in [0.25, 0.3) is 0 Å². The highest BCUT2D eigenvalue weighted by Crippen LogP contribution is 2.30. The van der Waals surface area contributed by atoms with Gasteiger partial charge in [0, 0.05) is 24.2 Å². The average Bonchev–Trinajstić information content (AvgIpc) is 2.23. The fraction of sp³-hybridized carbons (Fsp3) is 0.571. The van der Waals surface area contributed by atoms with Crippen LogP contribution in [0.15, 0.2) is 18.2 Å². The highest BCUT2D eigenvalue weighted by molar-refractivity contribution is 6.30. The first kappa shape index (κ1) is 13.8. The third-order valence-corrected chi connectivity index (χ3v) is 4.01. The van der Waals surface area contributed by atoms with Crippen molar-refractivity contribution in [1.82, 2.24) is 4.90 Å². The number of nitrogens with zero attached hydrogens (tertiary/aromatic N) is 1. The fourth-order valence-electron chi connectivity index (χ4n) is 2.55. The summed E-state index contributed by atoms with van der Waals surface area (Å²) in [5.74, 6) is 0.473. The molecule has 0 heterocycles. The van der Waals surface area contributed by atoms with Gasteiger partial charge >= 0.3 is 0 Å². The maximum Gasteiger partial charge on any atom is 0.125 e. The zero-order valence-electron chi connectivity index (χ0n) is 10.7. The number of likely N-dealkylation sites (N-methyl/N-ethyl adjacent to an activating group) is 1. The van der Waals surface area contributed by atoms with E-state index in [1.54, 1.807) is 6.07 Å². The second-order valence-corrected chi connectivity index (χ2v) is 5.63. The van der Waals surface area contributed by atoms with E-state index in [9.17, 15) is 4.39 Å². The zero-order valence-corrected chi connectivity index (χ0v) is 11.5. The Morgan fingerprint density at radius 1 is 1.44 bits per heavy atom. The van der Waals surface area contributed by atoms with Gasteiger partial charge < -0.3 is 5.73 Å². The van der Waals surface area contributed by atoms with Gasteiger partial charge in [0.05, 0.1) is 0 Å². The minimum absolute atomic E-state index is 0.0406. The average molecular weight is 271 g/mol. The lowest BCUT2D eigenvalue weighted by molar-refractivity contribution is 0.164. The fourth-order valence-corrected chi connectivity index (χ4v) is 2.78. The molecule has 4 heteroatoms. The van der Waals surface area contributed by atoms with Crippen LogP contribution in [0.4, 0.5) is 4.39 Å². The Kier molecular flexibility index (Phi) is 4.60. The first-order valence-electron chi connectivity index (χ1n) is 6.46. The van der Waals surface area contributed by atoms with E-state index in [2.05, 4.69) is 11.9 Å². The van der Waals surface area contributed by atoms with Crippen LogP contribution in [-0.2, 0) is 0 Å². The summed E-state index contributed by atoms with van der Waals surface area (Å²) in [4.78, 5) is 2.22. The van der Waals surface area contributed by atoms with Gasteiger partial charge in [0.25, 0.3) is 0 Å². The van der Waals surface area contributed by atoms with Crippen molar-refractivity contribution in [3.8, 4) is 0 Å². The molecule has 0 spiro atoms. The summed E-state index contributed by atoms with van der Waals surface area (Å²) in [7, 11) is 2.05. The Balaban J connectivity index is 2.10. The second-order valence-electron chi connectivity index (χ2n) is 5.19. The molecule has 100 valence electrons. The van der Waals surface area contributed by atoms with Crippen molar-refractivity contribution in [3.63, 3.8) is 0 Å². The zero-order chi connectivity index (χ0) is 13.1. The molecule has 1 saturated carbocycles. The molecule has 0 aromatic heterocycles. The highest BCUT2D eigenvalue weighted by atomic mass is 35.5. The normalized spacial score (nSPS) is 17.8. The van der Waals surface area contributed by atoms with Crippen LogP contribution in [-0.4, -0.2) is 25.0 Å². The molecule has 0 radical (unpaired) electrons. The van der Waals surface area contributed by atoms with Gasteiger partial charge in [-0.1, -0.05) is 18.0 Å². The van der Waals surface area contributed by atoms with E-state index >= 15 is 0 Å². The maximum absolute atomic E-state index is 13.4. The smallest absolute Gasteiger partial charge is 0.125 e. The number of benzene rings is 1. The lowest BCUT2D eigenvalue weighted by Crippen LogP contribution is -2.36. The number of halogens is 2. The van der Waals surface area contributed by atoms with Crippen LogP contribution < -0.4 is 5.73 Å². The first-order valence-corrected chi connectivity index (χ1v) is 6.84. The van der Waals surface area contributed by atoms with Crippen LogP contribution in [0.3, 0.4) is 0 Å². The standard InChI is InChI=1S/C14H20ClFN2/c1-18(9-10-3-2-4-10)14(8-17)11-5-12(15)7-13(16)6-11/h5-7,10,14H,2-4,8-9,17H2,1H3. The van der Waals surface area contributed by atoms with Gasteiger partial charge in [-0.25, -0.2) is 4.39 Å².